The number of likely N-dealkylation sites (tertiary alicyclic amines) is 1. The lowest BCUT2D eigenvalue weighted by Gasteiger charge is -2.40. The predicted molar refractivity (Wildman–Crippen MR) is 156 cm³/mol. The van der Waals surface area contributed by atoms with Gasteiger partial charge in [-0.3, -0.25) is 4.79 Å². The minimum absolute atomic E-state index is 0.0298. The van der Waals surface area contributed by atoms with Crippen LogP contribution in [0.5, 0.6) is 0 Å². The van der Waals surface area contributed by atoms with Gasteiger partial charge in [0, 0.05) is 44.5 Å². The van der Waals surface area contributed by atoms with Crippen LogP contribution in [0.25, 0.3) is 0 Å². The molecule has 10 heteroatoms. The van der Waals surface area contributed by atoms with Crippen LogP contribution >= 0.6 is 0 Å². The Balaban J connectivity index is 1.61. The third-order valence-electron chi connectivity index (χ3n) is 9.07. The summed E-state index contributed by atoms with van der Waals surface area (Å²) in [5.74, 6) is -0.746. The first kappa shape index (κ1) is 33.5. The zero-order valence-corrected chi connectivity index (χ0v) is 26.0. The molecule has 1 amide bonds. The van der Waals surface area contributed by atoms with Gasteiger partial charge in [0.15, 0.2) is 0 Å². The Morgan fingerprint density at radius 1 is 1.27 bits per heavy atom. The average molecular weight is 581 g/mol. The molecule has 3 saturated heterocycles. The third kappa shape index (κ3) is 8.76. The number of aliphatic hydroxyl groups excluding tert-OH is 1. The fraction of sp³-hybridized carbons (Fsp3) is 0.806. The monoisotopic (exact) mass is 580 g/mol. The Hall–Kier alpha value is -1.98. The number of carbonyl (C=O) groups excluding carboxylic acids is 1. The summed E-state index contributed by atoms with van der Waals surface area (Å²) in [7, 11) is 3.51. The van der Waals surface area contributed by atoms with Gasteiger partial charge in [-0.1, -0.05) is 39.0 Å². The second-order valence-electron chi connectivity index (χ2n) is 12.6. The fourth-order valence-electron chi connectivity index (χ4n) is 6.73. The summed E-state index contributed by atoms with van der Waals surface area (Å²) in [5.41, 5.74) is 0.687. The minimum atomic E-state index is -0.936. The highest BCUT2D eigenvalue weighted by atomic mass is 16.6. The van der Waals surface area contributed by atoms with E-state index in [1.165, 1.54) is 0 Å². The molecule has 3 fully saturated rings. The van der Waals surface area contributed by atoms with Crippen molar-refractivity contribution in [2.24, 2.45) is 17.8 Å². The summed E-state index contributed by atoms with van der Waals surface area (Å²) in [5, 5.41) is 22.6. The maximum absolute atomic E-state index is 12.9. The van der Waals surface area contributed by atoms with E-state index in [-0.39, 0.29) is 60.2 Å². The van der Waals surface area contributed by atoms with Gasteiger partial charge in [0.2, 0.25) is 0 Å². The van der Waals surface area contributed by atoms with Gasteiger partial charge in [-0.25, -0.2) is 4.79 Å². The number of carboxylic acid groups (broad SMARTS) is 1. The van der Waals surface area contributed by atoms with Crippen LogP contribution in [0.2, 0.25) is 0 Å². The lowest BCUT2D eigenvalue weighted by Crippen LogP contribution is -2.47. The molecule has 11 atom stereocenters. The van der Waals surface area contributed by atoms with Gasteiger partial charge in [-0.05, 0) is 52.2 Å². The topological polar surface area (TPSA) is 130 Å². The minimum Gasteiger partial charge on any atom is -0.481 e. The van der Waals surface area contributed by atoms with Crippen molar-refractivity contribution in [1.29, 1.82) is 0 Å². The van der Waals surface area contributed by atoms with Gasteiger partial charge in [0.1, 0.15) is 6.10 Å². The number of aliphatic hydroxyl groups is 1. The molecule has 0 aromatic rings. The van der Waals surface area contributed by atoms with Crippen LogP contribution in [0.3, 0.4) is 0 Å². The highest BCUT2D eigenvalue weighted by Gasteiger charge is 2.56. The molecule has 0 radical (unpaired) electrons. The normalized spacial score (nSPS) is 35.2. The van der Waals surface area contributed by atoms with Crippen LogP contribution in [0.15, 0.2) is 23.8 Å². The van der Waals surface area contributed by atoms with Crippen LogP contribution in [0, 0.1) is 17.8 Å². The van der Waals surface area contributed by atoms with Gasteiger partial charge in [0.05, 0.1) is 42.5 Å². The number of allylic oxidation sites excluding steroid dienone is 3. The maximum Gasteiger partial charge on any atom is 0.410 e. The van der Waals surface area contributed by atoms with Crippen LogP contribution in [-0.4, -0.2) is 103 Å². The van der Waals surface area contributed by atoms with E-state index in [0.717, 1.165) is 18.4 Å². The van der Waals surface area contributed by atoms with Gasteiger partial charge in [-0.15, -0.1) is 0 Å². The molecular formula is C31H52N2O8. The van der Waals surface area contributed by atoms with Gasteiger partial charge in [0.25, 0.3) is 0 Å². The Morgan fingerprint density at radius 2 is 1.98 bits per heavy atom. The van der Waals surface area contributed by atoms with E-state index in [9.17, 15) is 19.8 Å². The number of carboxylic acids is 1. The second-order valence-corrected chi connectivity index (χ2v) is 12.6. The van der Waals surface area contributed by atoms with E-state index in [0.29, 0.717) is 19.5 Å². The molecule has 3 N–H and O–H groups in total. The number of epoxide rings is 1. The van der Waals surface area contributed by atoms with E-state index in [1.807, 2.05) is 33.0 Å². The van der Waals surface area contributed by atoms with Crippen LogP contribution < -0.4 is 5.32 Å². The molecule has 3 heterocycles. The molecule has 0 bridgehead atoms. The zero-order valence-electron chi connectivity index (χ0n) is 26.0. The van der Waals surface area contributed by atoms with Gasteiger partial charge < -0.3 is 39.4 Å². The van der Waals surface area contributed by atoms with Gasteiger partial charge >= 0.3 is 12.1 Å². The van der Waals surface area contributed by atoms with Crippen molar-refractivity contribution < 1.29 is 38.7 Å². The van der Waals surface area contributed by atoms with E-state index >= 15 is 0 Å². The van der Waals surface area contributed by atoms with E-state index in [2.05, 4.69) is 32.2 Å². The Bertz CT molecular complexity index is 954. The van der Waals surface area contributed by atoms with Crippen molar-refractivity contribution >= 4 is 12.1 Å². The zero-order chi connectivity index (χ0) is 30.5. The van der Waals surface area contributed by atoms with Crippen LogP contribution in [0.4, 0.5) is 4.79 Å². The number of carbonyl (C=O) groups is 2. The largest absolute Gasteiger partial charge is 0.481 e. The van der Waals surface area contributed by atoms with Crippen LogP contribution in [-0.2, 0) is 23.7 Å². The molecular weight excluding hydrogens is 528 g/mol. The van der Waals surface area contributed by atoms with Crippen molar-refractivity contribution in [3.05, 3.63) is 23.8 Å². The van der Waals surface area contributed by atoms with Crippen molar-refractivity contribution in [3.8, 4) is 0 Å². The van der Waals surface area contributed by atoms with Crippen molar-refractivity contribution in [1.82, 2.24) is 10.2 Å². The summed E-state index contributed by atoms with van der Waals surface area (Å²) in [4.78, 5) is 26.1. The summed E-state index contributed by atoms with van der Waals surface area (Å²) in [6.45, 7) is 13.3. The summed E-state index contributed by atoms with van der Waals surface area (Å²) in [6.07, 6.45) is 5.58. The number of likely N-dealkylation sites (N-methyl/N-ethyl adjacent to an activating group) is 1. The van der Waals surface area contributed by atoms with Crippen molar-refractivity contribution in [3.63, 3.8) is 0 Å². The number of amides is 1. The smallest absolute Gasteiger partial charge is 0.410 e. The van der Waals surface area contributed by atoms with E-state index in [1.54, 1.807) is 18.9 Å². The Kier molecular flexibility index (Phi) is 11.8. The number of methoxy groups -OCH3 is 1. The molecule has 3 aliphatic rings. The highest BCUT2D eigenvalue weighted by molar-refractivity contribution is 5.68. The van der Waals surface area contributed by atoms with E-state index < -0.39 is 24.3 Å². The quantitative estimate of drug-likeness (QED) is 0.220. The highest BCUT2D eigenvalue weighted by Crippen LogP contribution is 2.47. The molecule has 234 valence electrons. The molecule has 0 aromatic heterocycles. The molecule has 0 saturated carbocycles. The fourth-order valence-corrected chi connectivity index (χ4v) is 6.73. The molecule has 0 spiro atoms. The number of hydrogen-bond donors (Lipinski definition) is 3. The summed E-state index contributed by atoms with van der Waals surface area (Å²) < 4.78 is 23.8. The predicted octanol–water partition coefficient (Wildman–Crippen LogP) is 3.77. The number of hydrogen-bond acceptors (Lipinski definition) is 8. The first-order valence-corrected chi connectivity index (χ1v) is 15.0. The lowest BCUT2D eigenvalue weighted by atomic mass is 9.85. The molecule has 0 aromatic carbocycles. The molecule has 3 rings (SSSR count). The summed E-state index contributed by atoms with van der Waals surface area (Å²) in [6, 6.07) is 0.261. The maximum atomic E-state index is 12.9. The third-order valence-corrected chi connectivity index (χ3v) is 9.07. The van der Waals surface area contributed by atoms with Crippen LogP contribution in [0.1, 0.15) is 67.2 Å². The second kappa shape index (κ2) is 14.5. The molecule has 41 heavy (non-hydrogen) atoms. The molecule has 0 aliphatic carbocycles. The molecule has 10 nitrogen and oxygen atoms in total. The average Bonchev–Trinajstić information content (AvgIpc) is 3.31. The number of ether oxygens (including phenoxy) is 4. The number of nitrogens with one attached hydrogen (secondary N) is 1. The van der Waals surface area contributed by atoms with Crippen molar-refractivity contribution in [2.45, 2.75) is 115 Å². The number of nitrogens with zero attached hydrogens (tertiary/aromatic N) is 1. The SMILES string of the molecule is CNC1CCN(C(=O)O[C@@H]2C[C@H](CC(=O)O)O[C@H](/C(C)=C/C=C/C(C)C[C@@]3(C)O[C@@H]3[C@H](C)[C@@H](OC)[C@@H](C)O)[C@H]2C)C1. The standard InChI is InChI=1S/C31H52N2O8/c1-18(16-31(6)29(41-31)21(4)28(38-8)22(5)34)10-9-11-19(2)27-20(3)25(14-24(39-27)15-26(35)36)40-30(37)33-13-12-23(17-33)32-7/h9-11,18,20-25,27-29,32,34H,12-17H2,1-8H3,(H,35,36)/b10-9+,19-11+/t18?,20-,21+,22+,23?,24+,25+,27+,28+,29+,31+/m0/s1. The summed E-state index contributed by atoms with van der Waals surface area (Å²) >= 11 is 0. The number of rotatable bonds is 13. The molecule has 3 aliphatic heterocycles. The Morgan fingerprint density at radius 3 is 2.56 bits per heavy atom. The first-order chi connectivity index (χ1) is 19.3. The lowest BCUT2D eigenvalue weighted by molar-refractivity contribution is -0.151. The first-order valence-electron chi connectivity index (χ1n) is 15.0. The number of aliphatic carboxylic acids is 1. The van der Waals surface area contributed by atoms with E-state index in [4.69, 9.17) is 18.9 Å². The van der Waals surface area contributed by atoms with Gasteiger partial charge in [-0.2, -0.15) is 0 Å². The molecule has 2 unspecified atom stereocenters. The Labute approximate surface area is 245 Å². The van der Waals surface area contributed by atoms with Crippen molar-refractivity contribution in [2.75, 3.05) is 27.2 Å².